The number of hydrogen-bond donors (Lipinski definition) is 2. The number of nitrogens with two attached hydrogens (primary N) is 1. The van der Waals surface area contributed by atoms with Gasteiger partial charge < -0.3 is 11.1 Å². The number of nitrogens with one attached hydrogen (secondary N) is 1. The van der Waals surface area contributed by atoms with E-state index in [-0.39, 0.29) is 30.4 Å². The second kappa shape index (κ2) is 7.82. The summed E-state index contributed by atoms with van der Waals surface area (Å²) < 4.78 is 15.7. The van der Waals surface area contributed by atoms with Gasteiger partial charge in [0.25, 0.3) is 0 Å². The van der Waals surface area contributed by atoms with Gasteiger partial charge in [-0.2, -0.15) is 14.0 Å². The van der Waals surface area contributed by atoms with Crippen LogP contribution in [0.5, 0.6) is 0 Å². The van der Waals surface area contributed by atoms with E-state index in [0.717, 1.165) is 30.4 Å². The topological polar surface area (TPSA) is 115 Å². The Morgan fingerprint density at radius 3 is 2.93 bits per heavy atom. The van der Waals surface area contributed by atoms with Gasteiger partial charge in [0, 0.05) is 23.4 Å². The van der Waals surface area contributed by atoms with E-state index >= 15 is 0 Å². The summed E-state index contributed by atoms with van der Waals surface area (Å²) >= 11 is 1.21. The molecule has 0 spiro atoms. The fraction of sp³-hybridized carbons (Fsp3) is 0.389. The van der Waals surface area contributed by atoms with Gasteiger partial charge in [-0.25, -0.2) is 4.98 Å². The van der Waals surface area contributed by atoms with E-state index in [9.17, 15) is 14.0 Å². The predicted octanol–water partition coefficient (Wildman–Crippen LogP) is 0.889. The third kappa shape index (κ3) is 3.58. The summed E-state index contributed by atoms with van der Waals surface area (Å²) in [5.74, 6) is -1.02. The molecule has 0 unspecified atom stereocenters. The first-order valence-electron chi connectivity index (χ1n) is 9.04. The molecule has 3 aromatic rings. The molecule has 3 aromatic heterocycles. The van der Waals surface area contributed by atoms with Crippen molar-refractivity contribution in [3.05, 3.63) is 45.9 Å². The number of hydrogen-bond acceptors (Lipinski definition) is 8. The van der Waals surface area contributed by atoms with Crippen molar-refractivity contribution in [2.75, 3.05) is 19.6 Å². The lowest BCUT2D eigenvalue weighted by Gasteiger charge is -2.21. The Morgan fingerprint density at radius 1 is 1.39 bits per heavy atom. The third-order valence-corrected chi connectivity index (χ3v) is 5.73. The van der Waals surface area contributed by atoms with Crippen LogP contribution in [0.15, 0.2) is 23.1 Å². The number of nitrogens with zero attached hydrogens (tertiary/aromatic N) is 4. The van der Waals surface area contributed by atoms with Crippen LogP contribution in [-0.4, -0.2) is 45.0 Å². The number of ketones is 1. The Kier molecular flexibility index (Phi) is 5.25. The summed E-state index contributed by atoms with van der Waals surface area (Å²) in [5, 5.41) is 7.97. The lowest BCUT2D eigenvalue weighted by Crippen LogP contribution is -2.30. The molecule has 0 atom stereocenters. The highest BCUT2D eigenvalue weighted by Gasteiger charge is 2.25. The molecule has 3 N–H and O–H groups in total. The van der Waals surface area contributed by atoms with Crippen molar-refractivity contribution in [2.45, 2.75) is 25.2 Å². The molecule has 10 heteroatoms. The minimum atomic E-state index is -0.829. The summed E-state index contributed by atoms with van der Waals surface area (Å²) in [6.07, 6.45) is 3.18. The summed E-state index contributed by atoms with van der Waals surface area (Å²) in [6.45, 7) is 1.51. The first-order chi connectivity index (χ1) is 13.6. The SMILES string of the molecule is NCC(=O)Cc1cc(-c2nn3c(=O)c(F)c(C4CCNCC4)nc3s2)ccn1. The number of carbonyl (C=O) groups excluding carboxylic acids is 1. The fourth-order valence-electron chi connectivity index (χ4n) is 3.31. The third-order valence-electron chi connectivity index (χ3n) is 4.78. The number of Topliss-reactive ketones (excluding diaryl/α,β-unsaturated/α-hetero) is 1. The van der Waals surface area contributed by atoms with E-state index in [1.54, 1.807) is 18.3 Å². The van der Waals surface area contributed by atoms with Crippen LogP contribution in [0, 0.1) is 5.82 Å². The van der Waals surface area contributed by atoms with Crippen molar-refractivity contribution in [3.63, 3.8) is 0 Å². The molecular formula is C18H19FN6O2S. The standard InChI is InChI=1S/C18H19FN6O2S/c19-14-15(10-1-4-21-5-2-10)23-18-25(17(14)27)24-16(28-18)11-3-6-22-12(7-11)8-13(26)9-20/h3,6-7,10,21H,1-2,4-5,8-9,20H2. The Balaban J connectivity index is 1.74. The van der Waals surface area contributed by atoms with E-state index in [4.69, 9.17) is 5.73 Å². The molecule has 0 radical (unpaired) electrons. The summed E-state index contributed by atoms with van der Waals surface area (Å²) in [5.41, 5.74) is 6.05. The predicted molar refractivity (Wildman–Crippen MR) is 103 cm³/mol. The molecule has 1 saturated heterocycles. The summed E-state index contributed by atoms with van der Waals surface area (Å²) in [7, 11) is 0. The highest BCUT2D eigenvalue weighted by molar-refractivity contribution is 7.19. The lowest BCUT2D eigenvalue weighted by atomic mass is 9.94. The van der Waals surface area contributed by atoms with E-state index in [1.165, 1.54) is 11.3 Å². The Morgan fingerprint density at radius 2 is 2.18 bits per heavy atom. The van der Waals surface area contributed by atoms with Crippen LogP contribution in [-0.2, 0) is 11.2 Å². The van der Waals surface area contributed by atoms with Gasteiger partial charge in [-0.05, 0) is 38.1 Å². The summed E-state index contributed by atoms with van der Waals surface area (Å²) in [6, 6.07) is 3.45. The number of fused-ring (bicyclic) bond motifs is 1. The Bertz CT molecular complexity index is 1090. The van der Waals surface area contributed by atoms with Gasteiger partial charge in [-0.15, -0.1) is 0 Å². The number of aromatic nitrogens is 4. The van der Waals surface area contributed by atoms with Gasteiger partial charge in [-0.3, -0.25) is 14.6 Å². The lowest BCUT2D eigenvalue weighted by molar-refractivity contribution is -0.117. The molecule has 1 aliphatic rings. The van der Waals surface area contributed by atoms with Gasteiger partial charge in [0.15, 0.2) is 5.78 Å². The van der Waals surface area contributed by atoms with E-state index in [1.807, 2.05) is 0 Å². The van der Waals surface area contributed by atoms with Gasteiger partial charge in [0.2, 0.25) is 10.8 Å². The van der Waals surface area contributed by atoms with Crippen molar-refractivity contribution >= 4 is 22.1 Å². The van der Waals surface area contributed by atoms with Crippen LogP contribution in [0.3, 0.4) is 0 Å². The van der Waals surface area contributed by atoms with Crippen molar-refractivity contribution in [1.29, 1.82) is 0 Å². The van der Waals surface area contributed by atoms with E-state index in [2.05, 4.69) is 20.4 Å². The maximum absolute atomic E-state index is 14.7. The average Bonchev–Trinajstić information content (AvgIpc) is 3.16. The van der Waals surface area contributed by atoms with Crippen molar-refractivity contribution < 1.29 is 9.18 Å². The second-order valence-electron chi connectivity index (χ2n) is 6.70. The zero-order valence-electron chi connectivity index (χ0n) is 15.0. The molecule has 28 heavy (non-hydrogen) atoms. The summed E-state index contributed by atoms with van der Waals surface area (Å²) in [4.78, 5) is 33.0. The van der Waals surface area contributed by atoms with Crippen LogP contribution in [0.2, 0.25) is 0 Å². The van der Waals surface area contributed by atoms with Crippen LogP contribution in [0.4, 0.5) is 4.39 Å². The van der Waals surface area contributed by atoms with Gasteiger partial charge in [0.1, 0.15) is 5.01 Å². The Hall–Kier alpha value is -2.56. The molecule has 1 fully saturated rings. The number of rotatable bonds is 5. The molecule has 8 nitrogen and oxygen atoms in total. The monoisotopic (exact) mass is 402 g/mol. The number of halogens is 1. The molecule has 0 aliphatic carbocycles. The fourth-order valence-corrected chi connectivity index (χ4v) is 4.20. The maximum Gasteiger partial charge on any atom is 0.311 e. The molecule has 4 heterocycles. The molecule has 0 amide bonds. The first kappa shape index (κ1) is 18.8. The molecule has 146 valence electrons. The normalized spacial score (nSPS) is 15.2. The highest BCUT2D eigenvalue weighted by Crippen LogP contribution is 2.28. The number of pyridine rings is 1. The second-order valence-corrected chi connectivity index (χ2v) is 7.65. The molecule has 4 rings (SSSR count). The molecule has 0 saturated carbocycles. The first-order valence-corrected chi connectivity index (χ1v) is 9.85. The maximum atomic E-state index is 14.7. The molecule has 0 aromatic carbocycles. The zero-order chi connectivity index (χ0) is 19.7. The zero-order valence-corrected chi connectivity index (χ0v) is 15.8. The molecule has 0 bridgehead atoms. The minimum Gasteiger partial charge on any atom is -0.324 e. The average molecular weight is 402 g/mol. The van der Waals surface area contributed by atoms with Crippen LogP contribution < -0.4 is 16.6 Å². The van der Waals surface area contributed by atoms with Gasteiger partial charge >= 0.3 is 5.56 Å². The quantitative estimate of drug-likeness (QED) is 0.651. The van der Waals surface area contributed by atoms with Gasteiger partial charge in [-0.1, -0.05) is 11.3 Å². The van der Waals surface area contributed by atoms with Crippen LogP contribution in [0.25, 0.3) is 15.5 Å². The largest absolute Gasteiger partial charge is 0.324 e. The van der Waals surface area contributed by atoms with E-state index < -0.39 is 11.4 Å². The minimum absolute atomic E-state index is 0.0505. The number of piperidine rings is 1. The van der Waals surface area contributed by atoms with E-state index in [0.29, 0.717) is 21.2 Å². The number of carbonyl (C=O) groups is 1. The Labute approximate surface area is 163 Å². The molecule has 1 aliphatic heterocycles. The van der Waals surface area contributed by atoms with Crippen LogP contribution >= 0.6 is 11.3 Å². The van der Waals surface area contributed by atoms with Crippen molar-refractivity contribution in [1.82, 2.24) is 24.9 Å². The molecular weight excluding hydrogens is 383 g/mol. The van der Waals surface area contributed by atoms with Crippen molar-refractivity contribution in [2.24, 2.45) is 5.73 Å². The van der Waals surface area contributed by atoms with Crippen LogP contribution in [0.1, 0.15) is 30.1 Å². The smallest absolute Gasteiger partial charge is 0.311 e. The highest BCUT2D eigenvalue weighted by atomic mass is 32.1. The van der Waals surface area contributed by atoms with Crippen molar-refractivity contribution in [3.8, 4) is 10.6 Å². The van der Waals surface area contributed by atoms with Gasteiger partial charge in [0.05, 0.1) is 18.7 Å².